The molecule has 0 radical (unpaired) electrons. The molecule has 4 atom stereocenters. The van der Waals surface area contributed by atoms with Crippen LogP contribution in [0.25, 0.3) is 0 Å². The molecule has 0 aliphatic carbocycles. The Labute approximate surface area is 188 Å². The van der Waals surface area contributed by atoms with E-state index < -0.39 is 78.5 Å². The number of nitrogens with two attached hydrogens (primary N) is 3. The third-order valence-electron chi connectivity index (χ3n) is 4.30. The summed E-state index contributed by atoms with van der Waals surface area (Å²) in [5.74, 6) is -7.04. The second-order valence-corrected chi connectivity index (χ2v) is 7.25. The SMILES string of the molecule is CC(N)C(=O)NC(CCC(N)=O)C(=O)NC(CCC(=O)O)C(=O)NC(CCC(N)=O)C(=O)O. The van der Waals surface area contributed by atoms with Crippen LogP contribution >= 0.6 is 0 Å². The molecule has 0 aliphatic heterocycles. The molecule has 0 heterocycles. The number of hydrogen-bond donors (Lipinski definition) is 8. The van der Waals surface area contributed by atoms with Crippen molar-refractivity contribution in [1.82, 2.24) is 16.0 Å². The second-order valence-electron chi connectivity index (χ2n) is 7.25. The van der Waals surface area contributed by atoms with Gasteiger partial charge < -0.3 is 43.4 Å². The third-order valence-corrected chi connectivity index (χ3v) is 4.30. The topological polar surface area (TPSA) is 274 Å². The van der Waals surface area contributed by atoms with Crippen LogP contribution in [0.4, 0.5) is 0 Å². The molecule has 15 nitrogen and oxygen atoms in total. The first kappa shape index (κ1) is 29.2. The van der Waals surface area contributed by atoms with Crippen LogP contribution in [0.15, 0.2) is 0 Å². The fourth-order valence-electron chi connectivity index (χ4n) is 2.48. The first-order valence-corrected chi connectivity index (χ1v) is 9.92. The van der Waals surface area contributed by atoms with Crippen molar-refractivity contribution in [3.63, 3.8) is 0 Å². The van der Waals surface area contributed by atoms with Gasteiger partial charge in [0, 0.05) is 19.3 Å². The zero-order chi connectivity index (χ0) is 25.7. The molecule has 0 rings (SSSR count). The van der Waals surface area contributed by atoms with E-state index in [9.17, 15) is 38.7 Å². The smallest absolute Gasteiger partial charge is 0.326 e. The number of carboxylic acids is 2. The van der Waals surface area contributed by atoms with Gasteiger partial charge in [-0.3, -0.25) is 28.8 Å². The molecule has 0 saturated heterocycles. The van der Waals surface area contributed by atoms with Gasteiger partial charge in [-0.05, 0) is 26.2 Å². The van der Waals surface area contributed by atoms with Crippen LogP contribution in [-0.4, -0.2) is 75.9 Å². The molecular formula is C18H30N6O9. The summed E-state index contributed by atoms with van der Waals surface area (Å²) in [5, 5.41) is 24.8. The van der Waals surface area contributed by atoms with Crippen molar-refractivity contribution in [2.75, 3.05) is 0 Å². The molecule has 0 spiro atoms. The summed E-state index contributed by atoms with van der Waals surface area (Å²) in [7, 11) is 0. The number of carboxylic acid groups (broad SMARTS) is 2. The van der Waals surface area contributed by atoms with Crippen LogP contribution in [0, 0.1) is 0 Å². The molecule has 33 heavy (non-hydrogen) atoms. The lowest BCUT2D eigenvalue weighted by Crippen LogP contribution is -2.57. The standard InChI is InChI=1S/C18H30N6O9/c1-8(19)15(29)22-9(2-5-12(20)25)16(30)23-10(4-7-14(27)28)17(31)24-11(18(32)33)3-6-13(21)26/h8-11H,2-7,19H2,1H3,(H2,20,25)(H2,21,26)(H,22,29)(H,23,30)(H,24,31)(H,27,28)(H,32,33). The number of amides is 5. The highest BCUT2D eigenvalue weighted by Crippen LogP contribution is 2.05. The van der Waals surface area contributed by atoms with E-state index in [0.29, 0.717) is 0 Å². The minimum atomic E-state index is -1.53. The number of aliphatic carboxylic acids is 2. The third kappa shape index (κ3) is 12.6. The molecule has 4 unspecified atom stereocenters. The Morgan fingerprint density at radius 1 is 0.667 bits per heavy atom. The molecular weight excluding hydrogens is 444 g/mol. The first-order valence-electron chi connectivity index (χ1n) is 9.92. The van der Waals surface area contributed by atoms with Crippen LogP contribution in [0.2, 0.25) is 0 Å². The summed E-state index contributed by atoms with van der Waals surface area (Å²) < 4.78 is 0. The van der Waals surface area contributed by atoms with Gasteiger partial charge in [0.05, 0.1) is 6.04 Å². The van der Waals surface area contributed by atoms with Crippen LogP contribution in [0.5, 0.6) is 0 Å². The molecule has 0 bridgehead atoms. The summed E-state index contributed by atoms with van der Waals surface area (Å²) in [4.78, 5) is 81.4. The van der Waals surface area contributed by atoms with Crippen molar-refractivity contribution in [2.24, 2.45) is 17.2 Å². The van der Waals surface area contributed by atoms with Gasteiger partial charge >= 0.3 is 11.9 Å². The Bertz CT molecular complexity index is 771. The molecule has 186 valence electrons. The lowest BCUT2D eigenvalue weighted by molar-refractivity contribution is -0.143. The largest absolute Gasteiger partial charge is 0.481 e. The van der Waals surface area contributed by atoms with E-state index in [4.69, 9.17) is 22.3 Å². The highest BCUT2D eigenvalue weighted by Gasteiger charge is 2.30. The first-order chi connectivity index (χ1) is 15.2. The van der Waals surface area contributed by atoms with Crippen molar-refractivity contribution in [3.05, 3.63) is 0 Å². The van der Waals surface area contributed by atoms with Crippen molar-refractivity contribution in [3.8, 4) is 0 Å². The van der Waals surface area contributed by atoms with Gasteiger partial charge in [0.15, 0.2) is 0 Å². The van der Waals surface area contributed by atoms with Crippen molar-refractivity contribution < 1.29 is 43.8 Å². The van der Waals surface area contributed by atoms with Crippen LogP contribution in [0.3, 0.4) is 0 Å². The number of primary amides is 2. The summed E-state index contributed by atoms with van der Waals surface area (Å²) in [6, 6.07) is -5.37. The normalized spacial score (nSPS) is 14.1. The molecule has 0 saturated carbocycles. The quantitative estimate of drug-likeness (QED) is 0.108. The fourth-order valence-corrected chi connectivity index (χ4v) is 2.48. The minimum absolute atomic E-state index is 0.233. The van der Waals surface area contributed by atoms with Crippen LogP contribution in [-0.2, 0) is 33.6 Å². The molecule has 0 aliphatic rings. The highest BCUT2D eigenvalue weighted by molar-refractivity contribution is 5.94. The summed E-state index contributed by atoms with van der Waals surface area (Å²) in [6.45, 7) is 1.35. The van der Waals surface area contributed by atoms with E-state index >= 15 is 0 Å². The number of hydrogen-bond acceptors (Lipinski definition) is 8. The van der Waals surface area contributed by atoms with Crippen molar-refractivity contribution in [2.45, 2.75) is 69.6 Å². The number of nitrogens with one attached hydrogen (secondary N) is 3. The Morgan fingerprint density at radius 3 is 1.39 bits per heavy atom. The van der Waals surface area contributed by atoms with Gasteiger partial charge in [0.1, 0.15) is 18.1 Å². The summed E-state index contributed by atoms with van der Waals surface area (Å²) in [5.41, 5.74) is 15.5. The van der Waals surface area contributed by atoms with Crippen molar-refractivity contribution >= 4 is 41.5 Å². The molecule has 11 N–H and O–H groups in total. The molecule has 5 amide bonds. The van der Waals surface area contributed by atoms with Crippen molar-refractivity contribution in [1.29, 1.82) is 0 Å². The number of carbonyl (C=O) groups excluding carboxylic acids is 5. The predicted molar refractivity (Wildman–Crippen MR) is 111 cm³/mol. The summed E-state index contributed by atoms with van der Waals surface area (Å²) >= 11 is 0. The Morgan fingerprint density at radius 2 is 1.03 bits per heavy atom. The van der Waals surface area contributed by atoms with Gasteiger partial charge in [0.25, 0.3) is 0 Å². The number of carbonyl (C=O) groups is 7. The lowest BCUT2D eigenvalue weighted by Gasteiger charge is -2.24. The van der Waals surface area contributed by atoms with E-state index in [1.165, 1.54) is 6.92 Å². The average Bonchev–Trinajstić information content (AvgIpc) is 2.69. The molecule has 0 aromatic carbocycles. The molecule has 0 aromatic heterocycles. The van der Waals surface area contributed by atoms with E-state index in [1.54, 1.807) is 0 Å². The van der Waals surface area contributed by atoms with E-state index in [0.717, 1.165) is 0 Å². The second kappa shape index (κ2) is 14.3. The Kier molecular flexibility index (Phi) is 12.7. The lowest BCUT2D eigenvalue weighted by atomic mass is 10.1. The minimum Gasteiger partial charge on any atom is -0.481 e. The average molecular weight is 474 g/mol. The molecule has 15 heteroatoms. The highest BCUT2D eigenvalue weighted by atomic mass is 16.4. The van der Waals surface area contributed by atoms with Crippen LogP contribution < -0.4 is 33.2 Å². The predicted octanol–water partition coefficient (Wildman–Crippen LogP) is -3.73. The van der Waals surface area contributed by atoms with Gasteiger partial charge in [-0.15, -0.1) is 0 Å². The molecule has 0 fully saturated rings. The zero-order valence-electron chi connectivity index (χ0n) is 18.0. The maximum Gasteiger partial charge on any atom is 0.326 e. The maximum atomic E-state index is 12.7. The van der Waals surface area contributed by atoms with Gasteiger partial charge in [-0.25, -0.2) is 4.79 Å². The zero-order valence-corrected chi connectivity index (χ0v) is 18.0. The molecule has 0 aromatic rings. The number of rotatable bonds is 16. The van der Waals surface area contributed by atoms with Gasteiger partial charge in [-0.2, -0.15) is 0 Å². The Balaban J connectivity index is 5.54. The van der Waals surface area contributed by atoms with Gasteiger partial charge in [0.2, 0.25) is 29.5 Å². The van der Waals surface area contributed by atoms with E-state index in [1.807, 2.05) is 0 Å². The monoisotopic (exact) mass is 474 g/mol. The Hall–Kier alpha value is -3.75. The van der Waals surface area contributed by atoms with E-state index in [-0.39, 0.29) is 25.7 Å². The van der Waals surface area contributed by atoms with E-state index in [2.05, 4.69) is 16.0 Å². The van der Waals surface area contributed by atoms with Gasteiger partial charge in [-0.1, -0.05) is 0 Å². The summed E-state index contributed by atoms with van der Waals surface area (Å²) in [6.07, 6.45) is -2.18. The fraction of sp³-hybridized carbons (Fsp3) is 0.611. The van der Waals surface area contributed by atoms with Crippen LogP contribution in [0.1, 0.15) is 45.4 Å². The maximum absolute atomic E-state index is 12.7.